The van der Waals surface area contributed by atoms with Crippen LogP contribution in [0.5, 0.6) is 0 Å². The van der Waals surface area contributed by atoms with Gasteiger partial charge in [0.2, 0.25) is 0 Å². The lowest BCUT2D eigenvalue weighted by Crippen LogP contribution is -2.06. The van der Waals surface area contributed by atoms with Crippen molar-refractivity contribution in [3.63, 3.8) is 0 Å². The largest absolute Gasteiger partial charge is 0.383 e. The van der Waals surface area contributed by atoms with Gasteiger partial charge in [0.25, 0.3) is 0 Å². The fraction of sp³-hybridized carbons (Fsp3) is 0.267. The number of nitrogen functional groups attached to an aromatic ring is 1. The lowest BCUT2D eigenvalue weighted by molar-refractivity contribution is 0.868. The Balaban J connectivity index is 2.31. The Hall–Kier alpha value is -2.27. The molecule has 3 aromatic rings. The maximum absolute atomic E-state index is 5.97. The molecule has 102 valence electrons. The molecule has 0 spiro atoms. The smallest absolute Gasteiger partial charge is 0.165 e. The number of pyridine rings is 1. The minimum Gasteiger partial charge on any atom is -0.383 e. The fourth-order valence-corrected chi connectivity index (χ4v) is 2.26. The van der Waals surface area contributed by atoms with Crippen LogP contribution in [0.25, 0.3) is 21.9 Å². The summed E-state index contributed by atoms with van der Waals surface area (Å²) in [5.74, 6) is 1.42. The van der Waals surface area contributed by atoms with E-state index in [-0.39, 0.29) is 6.54 Å². The van der Waals surface area contributed by atoms with Gasteiger partial charge in [0.15, 0.2) is 5.65 Å². The van der Waals surface area contributed by atoms with E-state index in [1.165, 1.54) is 5.56 Å². The summed E-state index contributed by atoms with van der Waals surface area (Å²) in [6.45, 7) is 4.59. The summed E-state index contributed by atoms with van der Waals surface area (Å²) in [7, 11) is 0. The van der Waals surface area contributed by atoms with E-state index in [0.29, 0.717) is 23.2 Å². The third-order valence-electron chi connectivity index (χ3n) is 3.43. The molecule has 5 heteroatoms. The number of nitrogens with zero attached hydrogens (tertiary/aromatic N) is 3. The number of hydrogen-bond donors (Lipinski definition) is 2. The van der Waals surface area contributed by atoms with Gasteiger partial charge in [-0.2, -0.15) is 0 Å². The van der Waals surface area contributed by atoms with Crippen LogP contribution in [0.15, 0.2) is 24.3 Å². The highest BCUT2D eigenvalue weighted by molar-refractivity contribution is 5.96. The molecule has 0 aliphatic heterocycles. The van der Waals surface area contributed by atoms with E-state index >= 15 is 0 Å². The average molecular weight is 267 g/mol. The Labute approximate surface area is 117 Å². The van der Waals surface area contributed by atoms with Crippen LogP contribution in [0.4, 0.5) is 5.82 Å². The Morgan fingerprint density at radius 1 is 1.10 bits per heavy atom. The lowest BCUT2D eigenvalue weighted by Gasteiger charge is -2.08. The van der Waals surface area contributed by atoms with E-state index in [2.05, 4.69) is 40.9 Å². The van der Waals surface area contributed by atoms with Crippen LogP contribution in [0.1, 0.15) is 31.2 Å². The highest BCUT2D eigenvalue weighted by Crippen LogP contribution is 2.25. The van der Waals surface area contributed by atoms with Gasteiger partial charge in [0.1, 0.15) is 11.6 Å². The molecule has 0 amide bonds. The summed E-state index contributed by atoms with van der Waals surface area (Å²) in [4.78, 5) is 13.1. The first kappa shape index (κ1) is 12.7. The number of hydrogen-bond acceptors (Lipinski definition) is 5. The van der Waals surface area contributed by atoms with E-state index in [9.17, 15) is 0 Å². The zero-order valence-corrected chi connectivity index (χ0v) is 11.6. The van der Waals surface area contributed by atoms with Crippen molar-refractivity contribution in [3.8, 4) is 0 Å². The molecule has 0 saturated carbocycles. The van der Waals surface area contributed by atoms with Crippen molar-refractivity contribution in [2.24, 2.45) is 5.73 Å². The molecule has 0 fully saturated rings. The van der Waals surface area contributed by atoms with Gasteiger partial charge >= 0.3 is 0 Å². The van der Waals surface area contributed by atoms with Gasteiger partial charge in [0.05, 0.1) is 17.4 Å². The molecular formula is C15H17N5. The van der Waals surface area contributed by atoms with Crippen LogP contribution in [0, 0.1) is 0 Å². The summed E-state index contributed by atoms with van der Waals surface area (Å²) >= 11 is 0. The van der Waals surface area contributed by atoms with E-state index in [1.807, 2.05) is 12.1 Å². The molecule has 3 rings (SSSR count). The quantitative estimate of drug-likeness (QED) is 0.695. The molecule has 0 unspecified atom stereocenters. The van der Waals surface area contributed by atoms with Crippen LogP contribution < -0.4 is 11.5 Å². The standard InChI is InChI=1S/C15H17N5/c1-8(2)9-3-4-12-10(5-9)6-11-14(17)19-13(7-16)20-15(11)18-12/h3-6,8H,7,16H2,1-2H3,(H2,17,18,19,20). The maximum Gasteiger partial charge on any atom is 0.165 e. The number of benzene rings is 1. The summed E-state index contributed by atoms with van der Waals surface area (Å²) in [5.41, 5.74) is 14.3. The molecule has 0 aliphatic rings. The molecule has 0 saturated heterocycles. The van der Waals surface area contributed by atoms with E-state index in [4.69, 9.17) is 11.5 Å². The second-order valence-electron chi connectivity index (χ2n) is 5.20. The zero-order valence-electron chi connectivity index (χ0n) is 11.6. The minimum absolute atomic E-state index is 0.256. The van der Waals surface area contributed by atoms with Crippen molar-refractivity contribution in [2.45, 2.75) is 26.3 Å². The fourth-order valence-electron chi connectivity index (χ4n) is 2.26. The third-order valence-corrected chi connectivity index (χ3v) is 3.43. The molecule has 5 nitrogen and oxygen atoms in total. The highest BCUT2D eigenvalue weighted by atomic mass is 15.0. The number of anilines is 1. The monoisotopic (exact) mass is 267 g/mol. The second kappa shape index (κ2) is 4.68. The van der Waals surface area contributed by atoms with E-state index < -0.39 is 0 Å². The predicted octanol–water partition coefficient (Wildman–Crippen LogP) is 2.34. The average Bonchev–Trinajstić information content (AvgIpc) is 2.44. The topological polar surface area (TPSA) is 90.7 Å². The zero-order chi connectivity index (χ0) is 14.3. The Morgan fingerprint density at radius 3 is 2.60 bits per heavy atom. The van der Waals surface area contributed by atoms with Crippen LogP contribution in [0.3, 0.4) is 0 Å². The van der Waals surface area contributed by atoms with Crippen LogP contribution in [0.2, 0.25) is 0 Å². The molecule has 1 aromatic carbocycles. The summed E-state index contributed by atoms with van der Waals surface area (Å²) in [6, 6.07) is 8.26. The first-order chi connectivity index (χ1) is 9.58. The molecule has 20 heavy (non-hydrogen) atoms. The molecule has 2 aromatic heterocycles. The van der Waals surface area contributed by atoms with Gasteiger partial charge in [-0.3, -0.25) is 0 Å². The van der Waals surface area contributed by atoms with Gasteiger partial charge in [0, 0.05) is 5.39 Å². The first-order valence-corrected chi connectivity index (χ1v) is 6.65. The summed E-state index contributed by atoms with van der Waals surface area (Å²) < 4.78 is 0. The number of rotatable bonds is 2. The molecule has 0 radical (unpaired) electrons. The molecule has 0 aliphatic carbocycles. The van der Waals surface area contributed by atoms with Gasteiger partial charge in [-0.1, -0.05) is 19.9 Å². The Kier molecular flexibility index (Phi) is 2.99. The van der Waals surface area contributed by atoms with Crippen molar-refractivity contribution < 1.29 is 0 Å². The molecule has 4 N–H and O–H groups in total. The van der Waals surface area contributed by atoms with Crippen molar-refractivity contribution >= 4 is 27.8 Å². The highest BCUT2D eigenvalue weighted by Gasteiger charge is 2.08. The SMILES string of the molecule is CC(C)c1ccc2nc3nc(CN)nc(N)c3cc2c1. The number of nitrogens with two attached hydrogens (primary N) is 2. The van der Waals surface area contributed by atoms with Crippen LogP contribution >= 0.6 is 0 Å². The van der Waals surface area contributed by atoms with Gasteiger partial charge < -0.3 is 11.5 Å². The molecular weight excluding hydrogens is 250 g/mol. The third kappa shape index (κ3) is 2.06. The summed E-state index contributed by atoms with van der Waals surface area (Å²) in [6.07, 6.45) is 0. The van der Waals surface area contributed by atoms with E-state index in [0.717, 1.165) is 16.3 Å². The molecule has 2 heterocycles. The number of fused-ring (bicyclic) bond motifs is 2. The van der Waals surface area contributed by atoms with E-state index in [1.54, 1.807) is 0 Å². The summed E-state index contributed by atoms with van der Waals surface area (Å²) in [5, 5.41) is 1.83. The molecule has 0 atom stereocenters. The van der Waals surface area contributed by atoms with Gasteiger partial charge in [-0.05, 0) is 29.7 Å². The van der Waals surface area contributed by atoms with Crippen molar-refractivity contribution in [1.82, 2.24) is 15.0 Å². The normalized spacial score (nSPS) is 11.6. The molecule has 0 bridgehead atoms. The van der Waals surface area contributed by atoms with Crippen LogP contribution in [-0.4, -0.2) is 15.0 Å². The maximum atomic E-state index is 5.97. The van der Waals surface area contributed by atoms with Crippen LogP contribution in [-0.2, 0) is 6.54 Å². The Bertz CT molecular complexity index is 795. The minimum atomic E-state index is 0.256. The van der Waals surface area contributed by atoms with Gasteiger partial charge in [-0.25, -0.2) is 15.0 Å². The predicted molar refractivity (Wildman–Crippen MR) is 81.2 cm³/mol. The lowest BCUT2D eigenvalue weighted by atomic mass is 10.0. The Morgan fingerprint density at radius 2 is 1.90 bits per heavy atom. The van der Waals surface area contributed by atoms with Crippen molar-refractivity contribution in [3.05, 3.63) is 35.7 Å². The number of aromatic nitrogens is 3. The van der Waals surface area contributed by atoms with Crippen molar-refractivity contribution in [2.75, 3.05) is 5.73 Å². The van der Waals surface area contributed by atoms with Crippen molar-refractivity contribution in [1.29, 1.82) is 0 Å². The second-order valence-corrected chi connectivity index (χ2v) is 5.20. The first-order valence-electron chi connectivity index (χ1n) is 6.65. The van der Waals surface area contributed by atoms with Gasteiger partial charge in [-0.15, -0.1) is 0 Å².